The van der Waals surface area contributed by atoms with Crippen molar-refractivity contribution >= 4 is 16.6 Å². The fourth-order valence-electron chi connectivity index (χ4n) is 2.99. The molecule has 1 aromatic carbocycles. The van der Waals surface area contributed by atoms with Gasteiger partial charge in [0, 0.05) is 41.7 Å². The second-order valence-electron chi connectivity index (χ2n) is 5.37. The largest absolute Gasteiger partial charge is 0.380 e. The normalized spacial score (nSPS) is 11.0. The van der Waals surface area contributed by atoms with E-state index in [1.807, 2.05) is 24.4 Å². The van der Waals surface area contributed by atoms with Crippen molar-refractivity contribution in [3.05, 3.63) is 59.5 Å². The summed E-state index contributed by atoms with van der Waals surface area (Å²) < 4.78 is 2.35. The maximum Gasteiger partial charge on any atom is 0.0722 e. The zero-order valence-electron chi connectivity index (χ0n) is 12.9. The maximum atomic E-state index is 4.40. The molecule has 108 valence electrons. The van der Waals surface area contributed by atoms with Crippen molar-refractivity contribution < 1.29 is 0 Å². The Hall–Kier alpha value is -2.29. The van der Waals surface area contributed by atoms with Gasteiger partial charge in [-0.1, -0.05) is 6.07 Å². The molecule has 0 saturated carbocycles. The van der Waals surface area contributed by atoms with Crippen LogP contribution in [0.5, 0.6) is 0 Å². The number of anilines is 1. The molecule has 0 amide bonds. The summed E-state index contributed by atoms with van der Waals surface area (Å²) in [7, 11) is 0. The number of nitrogens with zero attached hydrogens (tertiary/aromatic N) is 2. The Morgan fingerprint density at radius 1 is 1.14 bits per heavy atom. The Labute approximate surface area is 125 Å². The lowest BCUT2D eigenvalue weighted by molar-refractivity contribution is 0.715. The molecule has 0 atom stereocenters. The van der Waals surface area contributed by atoms with Crippen LogP contribution in [0.15, 0.2) is 42.6 Å². The zero-order valence-corrected chi connectivity index (χ0v) is 12.9. The van der Waals surface area contributed by atoms with Crippen LogP contribution in [-0.4, -0.2) is 9.55 Å². The van der Waals surface area contributed by atoms with Gasteiger partial charge in [0.2, 0.25) is 0 Å². The van der Waals surface area contributed by atoms with E-state index in [2.05, 4.69) is 53.8 Å². The number of pyridine rings is 1. The van der Waals surface area contributed by atoms with Crippen LogP contribution < -0.4 is 5.32 Å². The molecule has 0 radical (unpaired) electrons. The van der Waals surface area contributed by atoms with Crippen molar-refractivity contribution in [2.75, 3.05) is 5.32 Å². The van der Waals surface area contributed by atoms with Crippen LogP contribution in [0, 0.1) is 13.8 Å². The van der Waals surface area contributed by atoms with Crippen LogP contribution in [0.1, 0.15) is 23.9 Å². The molecule has 0 fully saturated rings. The molecule has 0 bridgehead atoms. The summed E-state index contributed by atoms with van der Waals surface area (Å²) in [6.45, 7) is 8.41. The van der Waals surface area contributed by atoms with Gasteiger partial charge in [-0.25, -0.2) is 0 Å². The van der Waals surface area contributed by atoms with Gasteiger partial charge in [-0.05, 0) is 56.7 Å². The molecule has 21 heavy (non-hydrogen) atoms. The van der Waals surface area contributed by atoms with E-state index >= 15 is 0 Å². The van der Waals surface area contributed by atoms with Gasteiger partial charge >= 0.3 is 0 Å². The molecule has 0 saturated heterocycles. The zero-order chi connectivity index (χ0) is 14.8. The van der Waals surface area contributed by atoms with Crippen LogP contribution in [0.2, 0.25) is 0 Å². The van der Waals surface area contributed by atoms with Gasteiger partial charge in [-0.2, -0.15) is 0 Å². The van der Waals surface area contributed by atoms with Crippen molar-refractivity contribution in [2.45, 2.75) is 33.9 Å². The van der Waals surface area contributed by atoms with E-state index in [4.69, 9.17) is 0 Å². The first-order valence-corrected chi connectivity index (χ1v) is 7.44. The minimum Gasteiger partial charge on any atom is -0.380 e. The van der Waals surface area contributed by atoms with Crippen molar-refractivity contribution in [1.29, 1.82) is 0 Å². The van der Waals surface area contributed by atoms with E-state index in [1.54, 1.807) is 0 Å². The molecule has 3 nitrogen and oxygen atoms in total. The van der Waals surface area contributed by atoms with E-state index in [0.29, 0.717) is 0 Å². The molecular formula is C18H21N3. The average Bonchev–Trinajstić information content (AvgIpc) is 2.78. The third-order valence-electron chi connectivity index (χ3n) is 4.11. The summed E-state index contributed by atoms with van der Waals surface area (Å²) in [4.78, 5) is 4.40. The van der Waals surface area contributed by atoms with Crippen molar-refractivity contribution in [3.63, 3.8) is 0 Å². The van der Waals surface area contributed by atoms with Gasteiger partial charge in [-0.15, -0.1) is 0 Å². The first kappa shape index (κ1) is 13.7. The number of nitrogens with one attached hydrogen (secondary N) is 1. The molecule has 2 aromatic heterocycles. The minimum absolute atomic E-state index is 0.841. The minimum atomic E-state index is 0.841. The first-order chi connectivity index (χ1) is 10.2. The van der Waals surface area contributed by atoms with Crippen LogP contribution in [-0.2, 0) is 13.1 Å². The Morgan fingerprint density at radius 3 is 2.76 bits per heavy atom. The Kier molecular flexibility index (Phi) is 3.65. The molecule has 1 N–H and O–H groups in total. The van der Waals surface area contributed by atoms with E-state index in [1.165, 1.54) is 22.3 Å². The quantitative estimate of drug-likeness (QED) is 0.772. The fraction of sp³-hybridized carbons (Fsp3) is 0.278. The maximum absolute atomic E-state index is 4.40. The molecular weight excluding hydrogens is 258 g/mol. The molecule has 0 spiro atoms. The highest BCUT2D eigenvalue weighted by atomic mass is 15.0. The topological polar surface area (TPSA) is 29.9 Å². The van der Waals surface area contributed by atoms with Gasteiger partial charge in [0.25, 0.3) is 0 Å². The summed E-state index contributed by atoms with van der Waals surface area (Å²) in [5.41, 5.74) is 6.20. The molecule has 0 unspecified atom stereocenters. The predicted octanol–water partition coefficient (Wildman–Crippen LogP) is 4.29. The van der Waals surface area contributed by atoms with Crippen LogP contribution in [0.4, 0.5) is 5.69 Å². The monoisotopic (exact) mass is 279 g/mol. The van der Waals surface area contributed by atoms with Gasteiger partial charge in [0.15, 0.2) is 0 Å². The molecule has 2 heterocycles. The van der Waals surface area contributed by atoms with Gasteiger partial charge in [0.1, 0.15) is 0 Å². The molecule has 3 rings (SSSR count). The Balaban J connectivity index is 1.87. The van der Waals surface area contributed by atoms with Gasteiger partial charge in [-0.3, -0.25) is 4.98 Å². The van der Waals surface area contributed by atoms with Crippen molar-refractivity contribution in [3.8, 4) is 0 Å². The van der Waals surface area contributed by atoms with E-state index in [0.717, 1.165) is 24.3 Å². The third-order valence-corrected chi connectivity index (χ3v) is 4.11. The van der Waals surface area contributed by atoms with Crippen molar-refractivity contribution in [1.82, 2.24) is 9.55 Å². The smallest absolute Gasteiger partial charge is 0.0722 e. The summed E-state index contributed by atoms with van der Waals surface area (Å²) >= 11 is 0. The summed E-state index contributed by atoms with van der Waals surface area (Å²) in [6, 6.07) is 12.6. The Bertz CT molecular complexity index is 766. The number of aryl methyl sites for hydroxylation is 1. The predicted molar refractivity (Wildman–Crippen MR) is 88.6 cm³/mol. The highest BCUT2D eigenvalue weighted by Crippen LogP contribution is 2.23. The van der Waals surface area contributed by atoms with Crippen LogP contribution in [0.25, 0.3) is 10.9 Å². The van der Waals surface area contributed by atoms with Gasteiger partial charge in [0.05, 0.1) is 5.52 Å². The highest BCUT2D eigenvalue weighted by molar-refractivity contribution is 5.91. The lowest BCUT2D eigenvalue weighted by Crippen LogP contribution is -2.03. The summed E-state index contributed by atoms with van der Waals surface area (Å²) in [5, 5.41) is 4.73. The van der Waals surface area contributed by atoms with Crippen LogP contribution >= 0.6 is 0 Å². The lowest BCUT2D eigenvalue weighted by atomic mass is 10.1. The van der Waals surface area contributed by atoms with Crippen molar-refractivity contribution in [2.24, 2.45) is 0 Å². The van der Waals surface area contributed by atoms with Crippen LogP contribution in [0.3, 0.4) is 0 Å². The SMILES string of the molecule is CCn1c(C)cc(CNc2cccc3ncccc23)c1C. The summed E-state index contributed by atoms with van der Waals surface area (Å²) in [6.07, 6.45) is 1.83. The molecule has 3 heteroatoms. The number of aromatic nitrogens is 2. The number of hydrogen-bond donors (Lipinski definition) is 1. The molecule has 3 aromatic rings. The highest BCUT2D eigenvalue weighted by Gasteiger charge is 2.08. The number of rotatable bonds is 4. The number of hydrogen-bond acceptors (Lipinski definition) is 2. The van der Waals surface area contributed by atoms with E-state index < -0.39 is 0 Å². The number of benzene rings is 1. The molecule has 0 aliphatic rings. The van der Waals surface area contributed by atoms with E-state index in [-0.39, 0.29) is 0 Å². The third kappa shape index (κ3) is 2.51. The van der Waals surface area contributed by atoms with E-state index in [9.17, 15) is 0 Å². The first-order valence-electron chi connectivity index (χ1n) is 7.44. The standard InChI is InChI=1S/C18H21N3/c1-4-21-13(2)11-15(14(21)3)12-20-18-9-5-8-17-16(18)7-6-10-19-17/h5-11,20H,4,12H2,1-3H3. The van der Waals surface area contributed by atoms with Gasteiger partial charge < -0.3 is 9.88 Å². The molecule has 0 aliphatic carbocycles. The molecule has 0 aliphatic heterocycles. The summed E-state index contributed by atoms with van der Waals surface area (Å²) in [5.74, 6) is 0. The average molecular weight is 279 g/mol. The number of fused-ring (bicyclic) bond motifs is 1. The fourth-order valence-corrected chi connectivity index (χ4v) is 2.99. The lowest BCUT2D eigenvalue weighted by Gasteiger charge is -2.10. The second-order valence-corrected chi connectivity index (χ2v) is 5.37. The second kappa shape index (κ2) is 5.60. The Morgan fingerprint density at radius 2 is 2.00 bits per heavy atom.